The van der Waals surface area contributed by atoms with Crippen LogP contribution < -0.4 is 4.90 Å². The maximum atomic E-state index is 6.87. The molecule has 4 heteroatoms. The standard InChI is InChI=1S/C47H30N2OS/c1-3-11-31(12-4-1)33-19-22-35(23-20-33)47-48-41-30-43-44(40-17-9-10-18-42(40)51-43)45(46(41)50-47)49(38-15-5-2-6-16-38)39-27-25-34(26-28-39)37-24-21-32-13-7-8-14-36(32)29-37/h1-30H. The lowest BCUT2D eigenvalue weighted by atomic mass is 10.0. The summed E-state index contributed by atoms with van der Waals surface area (Å²) in [5, 5.41) is 4.84. The molecule has 0 saturated heterocycles. The molecule has 240 valence electrons. The fraction of sp³-hybridized carbons (Fsp3) is 0. The lowest BCUT2D eigenvalue weighted by molar-refractivity contribution is 0.620. The van der Waals surface area contributed by atoms with E-state index in [1.807, 2.05) is 6.07 Å². The van der Waals surface area contributed by atoms with E-state index in [4.69, 9.17) is 9.40 Å². The second-order valence-corrected chi connectivity index (χ2v) is 13.9. The third-order valence-corrected chi connectivity index (χ3v) is 10.8. The molecule has 0 aliphatic heterocycles. The van der Waals surface area contributed by atoms with Crippen LogP contribution in [0.25, 0.3) is 75.8 Å². The predicted octanol–water partition coefficient (Wildman–Crippen LogP) is 13.8. The second-order valence-electron chi connectivity index (χ2n) is 12.8. The Bertz CT molecular complexity index is 2840. The third kappa shape index (κ3) is 5.16. The Balaban J connectivity index is 1.17. The van der Waals surface area contributed by atoms with Crippen LogP contribution in [0.2, 0.25) is 0 Å². The minimum Gasteiger partial charge on any atom is -0.434 e. The van der Waals surface area contributed by atoms with Crippen molar-refractivity contribution in [3.05, 3.63) is 182 Å². The van der Waals surface area contributed by atoms with Crippen LogP contribution in [0.15, 0.2) is 186 Å². The summed E-state index contributed by atoms with van der Waals surface area (Å²) in [6.45, 7) is 0. The minimum atomic E-state index is 0.604. The van der Waals surface area contributed by atoms with Gasteiger partial charge in [-0.3, -0.25) is 0 Å². The number of fused-ring (bicyclic) bond motifs is 5. The summed E-state index contributed by atoms with van der Waals surface area (Å²) in [6.07, 6.45) is 0. The molecule has 0 unspecified atom stereocenters. The number of benzene rings is 8. The number of thiophene rings is 1. The molecule has 0 radical (unpaired) electrons. The highest BCUT2D eigenvalue weighted by molar-refractivity contribution is 7.26. The van der Waals surface area contributed by atoms with Gasteiger partial charge in [0, 0.05) is 37.1 Å². The zero-order valence-electron chi connectivity index (χ0n) is 27.5. The van der Waals surface area contributed by atoms with Crippen molar-refractivity contribution in [1.82, 2.24) is 4.98 Å². The largest absolute Gasteiger partial charge is 0.434 e. The summed E-state index contributed by atoms with van der Waals surface area (Å²) < 4.78 is 9.27. The second kappa shape index (κ2) is 12.1. The number of hydrogen-bond acceptors (Lipinski definition) is 4. The first-order valence-corrected chi connectivity index (χ1v) is 17.9. The molecule has 3 nitrogen and oxygen atoms in total. The Labute approximate surface area is 299 Å². The molecule has 0 fully saturated rings. The van der Waals surface area contributed by atoms with E-state index in [-0.39, 0.29) is 0 Å². The van der Waals surface area contributed by atoms with Crippen molar-refractivity contribution < 1.29 is 4.42 Å². The monoisotopic (exact) mass is 670 g/mol. The molecule has 51 heavy (non-hydrogen) atoms. The van der Waals surface area contributed by atoms with Gasteiger partial charge in [-0.15, -0.1) is 11.3 Å². The summed E-state index contributed by atoms with van der Waals surface area (Å²) in [5.74, 6) is 0.604. The van der Waals surface area contributed by atoms with E-state index >= 15 is 0 Å². The smallest absolute Gasteiger partial charge is 0.227 e. The summed E-state index contributed by atoms with van der Waals surface area (Å²) in [6, 6.07) is 64.4. The zero-order chi connectivity index (χ0) is 33.7. The maximum Gasteiger partial charge on any atom is 0.227 e. The van der Waals surface area contributed by atoms with Crippen molar-refractivity contribution in [2.45, 2.75) is 0 Å². The minimum absolute atomic E-state index is 0.604. The highest BCUT2D eigenvalue weighted by Crippen LogP contribution is 2.49. The normalized spacial score (nSPS) is 11.5. The molecule has 0 saturated carbocycles. The van der Waals surface area contributed by atoms with Crippen LogP contribution in [-0.4, -0.2) is 4.98 Å². The molecule has 0 spiro atoms. The maximum absolute atomic E-state index is 6.87. The summed E-state index contributed by atoms with van der Waals surface area (Å²) >= 11 is 1.80. The quantitative estimate of drug-likeness (QED) is 0.176. The first-order valence-electron chi connectivity index (χ1n) is 17.1. The topological polar surface area (TPSA) is 29.3 Å². The molecule has 0 aliphatic rings. The Hall–Kier alpha value is -6.49. The van der Waals surface area contributed by atoms with Crippen LogP contribution in [0.4, 0.5) is 17.1 Å². The van der Waals surface area contributed by atoms with E-state index in [0.717, 1.165) is 44.7 Å². The molecule has 0 bridgehead atoms. The number of rotatable bonds is 6. The molecule has 10 aromatic rings. The van der Waals surface area contributed by atoms with E-state index < -0.39 is 0 Å². The van der Waals surface area contributed by atoms with E-state index in [1.165, 1.54) is 42.2 Å². The molecule has 0 N–H and O–H groups in total. The lowest BCUT2D eigenvalue weighted by Gasteiger charge is -2.26. The fourth-order valence-corrected chi connectivity index (χ4v) is 8.32. The van der Waals surface area contributed by atoms with Crippen molar-refractivity contribution in [3.63, 3.8) is 0 Å². The van der Waals surface area contributed by atoms with Crippen LogP contribution in [0.3, 0.4) is 0 Å². The summed E-state index contributed by atoms with van der Waals surface area (Å²) in [5.41, 5.74) is 10.3. The number of hydrogen-bond donors (Lipinski definition) is 0. The van der Waals surface area contributed by atoms with Crippen LogP contribution in [0.1, 0.15) is 0 Å². The van der Waals surface area contributed by atoms with Gasteiger partial charge < -0.3 is 9.32 Å². The Morgan fingerprint density at radius 2 is 1.04 bits per heavy atom. The molecule has 0 atom stereocenters. The molecule has 0 amide bonds. The highest BCUT2D eigenvalue weighted by Gasteiger charge is 2.25. The van der Waals surface area contributed by atoms with Crippen LogP contribution in [0.5, 0.6) is 0 Å². The zero-order valence-corrected chi connectivity index (χ0v) is 28.3. The van der Waals surface area contributed by atoms with Gasteiger partial charge in [0.05, 0.1) is 0 Å². The molecule has 2 heterocycles. The van der Waals surface area contributed by atoms with Crippen molar-refractivity contribution in [2.24, 2.45) is 0 Å². The van der Waals surface area contributed by atoms with Gasteiger partial charge in [0.2, 0.25) is 5.89 Å². The number of oxazole rings is 1. The van der Waals surface area contributed by atoms with Crippen molar-refractivity contribution in [1.29, 1.82) is 0 Å². The van der Waals surface area contributed by atoms with Gasteiger partial charge >= 0.3 is 0 Å². The molecule has 2 aromatic heterocycles. The lowest BCUT2D eigenvalue weighted by Crippen LogP contribution is -2.10. The third-order valence-electron chi connectivity index (χ3n) is 9.68. The first-order chi connectivity index (χ1) is 25.3. The van der Waals surface area contributed by atoms with Crippen molar-refractivity contribution >= 4 is 70.4 Å². The van der Waals surface area contributed by atoms with Crippen LogP contribution in [0, 0.1) is 0 Å². The number of anilines is 3. The van der Waals surface area contributed by atoms with Gasteiger partial charge in [-0.2, -0.15) is 0 Å². The van der Waals surface area contributed by atoms with Gasteiger partial charge in [-0.1, -0.05) is 127 Å². The fourth-order valence-electron chi connectivity index (χ4n) is 7.18. The van der Waals surface area contributed by atoms with Gasteiger partial charge in [0.1, 0.15) is 11.2 Å². The molecular weight excluding hydrogens is 641 g/mol. The van der Waals surface area contributed by atoms with Gasteiger partial charge in [0.15, 0.2) is 5.58 Å². The predicted molar refractivity (Wildman–Crippen MR) is 215 cm³/mol. The van der Waals surface area contributed by atoms with Gasteiger partial charge in [0.25, 0.3) is 0 Å². The first kappa shape index (κ1) is 29.4. The average molecular weight is 671 g/mol. The van der Waals surface area contributed by atoms with E-state index in [2.05, 4.69) is 181 Å². The van der Waals surface area contributed by atoms with Gasteiger partial charge in [-0.05, 0) is 87.6 Å². The molecular formula is C47H30N2OS. The molecule has 0 aliphatic carbocycles. The Kier molecular flexibility index (Phi) is 7.00. The average Bonchev–Trinajstić information content (AvgIpc) is 3.80. The van der Waals surface area contributed by atoms with Gasteiger partial charge in [-0.25, -0.2) is 4.98 Å². The van der Waals surface area contributed by atoms with Crippen molar-refractivity contribution in [3.8, 4) is 33.7 Å². The number of para-hydroxylation sites is 1. The van der Waals surface area contributed by atoms with Crippen LogP contribution >= 0.6 is 11.3 Å². The van der Waals surface area contributed by atoms with E-state index in [0.29, 0.717) is 5.89 Å². The Morgan fingerprint density at radius 3 is 1.84 bits per heavy atom. The van der Waals surface area contributed by atoms with E-state index in [9.17, 15) is 0 Å². The number of aromatic nitrogens is 1. The Morgan fingerprint density at radius 1 is 0.451 bits per heavy atom. The van der Waals surface area contributed by atoms with Crippen LogP contribution in [-0.2, 0) is 0 Å². The van der Waals surface area contributed by atoms with Crippen molar-refractivity contribution in [2.75, 3.05) is 4.90 Å². The van der Waals surface area contributed by atoms with E-state index in [1.54, 1.807) is 11.3 Å². The SMILES string of the molecule is c1ccc(-c2ccc(-c3nc4cc5sc6ccccc6c5c(N(c5ccccc5)c5ccc(-c6ccc7ccccc7c6)cc5)c4o3)cc2)cc1. The molecule has 10 rings (SSSR count). The summed E-state index contributed by atoms with van der Waals surface area (Å²) in [4.78, 5) is 7.46. The number of nitrogens with zero attached hydrogens (tertiary/aromatic N) is 2. The summed E-state index contributed by atoms with van der Waals surface area (Å²) in [7, 11) is 0. The molecule has 8 aromatic carbocycles. The highest BCUT2D eigenvalue weighted by atomic mass is 32.1.